The van der Waals surface area contributed by atoms with Gasteiger partial charge in [-0.15, -0.1) is 0 Å². The van der Waals surface area contributed by atoms with Crippen LogP contribution in [0.4, 0.5) is 4.79 Å². The third kappa shape index (κ3) is 4.24. The summed E-state index contributed by atoms with van der Waals surface area (Å²) in [6.07, 6.45) is 0. The summed E-state index contributed by atoms with van der Waals surface area (Å²) in [5.41, 5.74) is 0.986. The van der Waals surface area contributed by atoms with Gasteiger partial charge in [0.1, 0.15) is 0 Å². The van der Waals surface area contributed by atoms with Crippen molar-refractivity contribution in [2.75, 3.05) is 6.54 Å². The first kappa shape index (κ1) is 15.5. The van der Waals surface area contributed by atoms with E-state index in [-0.39, 0.29) is 10.3 Å². The fraction of sp³-hybridized carbons (Fsp3) is 0.462. The second kappa shape index (κ2) is 5.61. The molecule has 0 unspecified atom stereocenters. The summed E-state index contributed by atoms with van der Waals surface area (Å²) in [6.45, 7) is 8.21. The van der Waals surface area contributed by atoms with Gasteiger partial charge in [0.15, 0.2) is 0 Å². The lowest BCUT2D eigenvalue weighted by Crippen LogP contribution is -2.39. The van der Waals surface area contributed by atoms with Gasteiger partial charge >= 0.3 is 6.03 Å². The molecule has 1 rings (SSSR count). The van der Waals surface area contributed by atoms with Crippen molar-refractivity contribution < 1.29 is 13.2 Å². The number of amides is 2. The molecule has 0 aromatic heterocycles. The average Bonchev–Trinajstić information content (AvgIpc) is 2.27. The summed E-state index contributed by atoms with van der Waals surface area (Å²) in [5.74, 6) is 0. The number of nitrogens with one attached hydrogen (secondary N) is 2. The summed E-state index contributed by atoms with van der Waals surface area (Å²) in [4.78, 5) is 11.3. The Morgan fingerprint density at radius 1 is 1.16 bits per heavy atom. The van der Waals surface area contributed by atoms with Crippen LogP contribution in [0, 0.1) is 0 Å². The molecule has 2 amide bonds. The first-order valence-corrected chi connectivity index (χ1v) is 7.56. The lowest BCUT2D eigenvalue weighted by molar-refractivity contribution is 0.246. The topological polar surface area (TPSA) is 75.3 Å². The first-order valence-electron chi connectivity index (χ1n) is 6.08. The van der Waals surface area contributed by atoms with Gasteiger partial charge in [0, 0.05) is 6.54 Å². The van der Waals surface area contributed by atoms with Crippen LogP contribution in [0.5, 0.6) is 0 Å². The van der Waals surface area contributed by atoms with Gasteiger partial charge in [-0.25, -0.2) is 17.9 Å². The standard InChI is InChI=1S/C13H20N2O3S/c1-5-14-12(16)15-19(17,18)11-8-6-10(7-9-11)13(2,3)4/h6-9H,5H2,1-4H3,(H2,14,15,16). The Balaban J connectivity index is 2.94. The van der Waals surface area contributed by atoms with Gasteiger partial charge in [0.25, 0.3) is 10.0 Å². The van der Waals surface area contributed by atoms with Crippen molar-refractivity contribution in [3.05, 3.63) is 29.8 Å². The molecule has 0 saturated carbocycles. The fourth-order valence-corrected chi connectivity index (χ4v) is 2.44. The number of hydrogen-bond acceptors (Lipinski definition) is 3. The molecule has 0 heterocycles. The van der Waals surface area contributed by atoms with Crippen LogP contribution in [0.2, 0.25) is 0 Å². The lowest BCUT2D eigenvalue weighted by atomic mass is 9.87. The summed E-state index contributed by atoms with van der Waals surface area (Å²) >= 11 is 0. The molecular formula is C13H20N2O3S. The van der Waals surface area contributed by atoms with Crippen molar-refractivity contribution in [3.63, 3.8) is 0 Å². The van der Waals surface area contributed by atoms with Gasteiger partial charge < -0.3 is 5.32 Å². The minimum Gasteiger partial charge on any atom is -0.338 e. The van der Waals surface area contributed by atoms with Crippen LogP contribution in [-0.2, 0) is 15.4 Å². The Morgan fingerprint density at radius 3 is 2.11 bits per heavy atom. The normalized spacial score (nSPS) is 12.0. The summed E-state index contributed by atoms with van der Waals surface area (Å²) in [5, 5.41) is 2.38. The van der Waals surface area contributed by atoms with Crippen LogP contribution in [0.15, 0.2) is 29.2 Å². The molecule has 19 heavy (non-hydrogen) atoms. The minimum atomic E-state index is -3.81. The molecule has 0 fully saturated rings. The van der Waals surface area contributed by atoms with Crippen LogP contribution in [0.25, 0.3) is 0 Å². The molecule has 0 aliphatic heterocycles. The average molecular weight is 284 g/mol. The van der Waals surface area contributed by atoms with Crippen LogP contribution in [0.3, 0.4) is 0 Å². The maximum atomic E-state index is 11.9. The van der Waals surface area contributed by atoms with Gasteiger partial charge in [-0.1, -0.05) is 32.9 Å². The van der Waals surface area contributed by atoms with E-state index in [2.05, 4.69) is 5.32 Å². The third-order valence-electron chi connectivity index (χ3n) is 2.60. The molecule has 6 heteroatoms. The van der Waals surface area contributed by atoms with E-state index in [0.717, 1.165) is 5.56 Å². The van der Waals surface area contributed by atoms with E-state index in [0.29, 0.717) is 6.54 Å². The predicted molar refractivity (Wildman–Crippen MR) is 74.5 cm³/mol. The Kier molecular flexibility index (Phi) is 4.57. The highest BCUT2D eigenvalue weighted by Gasteiger charge is 2.19. The second-order valence-electron chi connectivity index (χ2n) is 5.24. The SMILES string of the molecule is CCNC(=O)NS(=O)(=O)c1ccc(C(C)(C)C)cc1. The molecule has 0 radical (unpaired) electrons. The number of urea groups is 1. The largest absolute Gasteiger partial charge is 0.338 e. The van der Waals surface area contributed by atoms with E-state index in [1.54, 1.807) is 19.1 Å². The van der Waals surface area contributed by atoms with E-state index in [4.69, 9.17) is 0 Å². The summed E-state index contributed by atoms with van der Waals surface area (Å²) in [6, 6.07) is 5.80. The van der Waals surface area contributed by atoms with Crippen molar-refractivity contribution in [1.29, 1.82) is 0 Å². The number of sulfonamides is 1. The summed E-state index contributed by atoms with van der Waals surface area (Å²) in [7, 11) is -3.81. The molecule has 0 aliphatic rings. The van der Waals surface area contributed by atoms with Crippen LogP contribution >= 0.6 is 0 Å². The number of carbonyl (C=O) groups is 1. The van der Waals surface area contributed by atoms with Crippen molar-refractivity contribution in [2.24, 2.45) is 0 Å². The van der Waals surface area contributed by atoms with Crippen LogP contribution < -0.4 is 10.0 Å². The molecular weight excluding hydrogens is 264 g/mol. The first-order chi connectivity index (χ1) is 8.66. The van der Waals surface area contributed by atoms with Crippen LogP contribution in [-0.4, -0.2) is 21.0 Å². The molecule has 2 N–H and O–H groups in total. The van der Waals surface area contributed by atoms with Crippen molar-refractivity contribution in [3.8, 4) is 0 Å². The Hall–Kier alpha value is -1.56. The van der Waals surface area contributed by atoms with Crippen molar-refractivity contribution in [2.45, 2.75) is 38.0 Å². The van der Waals surface area contributed by atoms with E-state index in [1.165, 1.54) is 12.1 Å². The van der Waals surface area contributed by atoms with E-state index in [1.807, 2.05) is 25.5 Å². The highest BCUT2D eigenvalue weighted by atomic mass is 32.2. The maximum absolute atomic E-state index is 11.9. The minimum absolute atomic E-state index is 0.0463. The van der Waals surface area contributed by atoms with Crippen LogP contribution in [0.1, 0.15) is 33.3 Å². The van der Waals surface area contributed by atoms with Gasteiger partial charge in [0.2, 0.25) is 0 Å². The zero-order chi connectivity index (χ0) is 14.7. The second-order valence-corrected chi connectivity index (χ2v) is 6.92. The molecule has 106 valence electrons. The summed E-state index contributed by atoms with van der Waals surface area (Å²) < 4.78 is 25.8. The predicted octanol–water partition coefficient (Wildman–Crippen LogP) is 1.99. The molecule has 5 nitrogen and oxygen atoms in total. The number of carbonyl (C=O) groups excluding carboxylic acids is 1. The van der Waals surface area contributed by atoms with Gasteiger partial charge in [-0.05, 0) is 30.0 Å². The zero-order valence-corrected chi connectivity index (χ0v) is 12.5. The number of benzene rings is 1. The van der Waals surface area contributed by atoms with Gasteiger partial charge in [0.05, 0.1) is 4.90 Å². The zero-order valence-electron chi connectivity index (χ0n) is 11.6. The Bertz CT molecular complexity index is 542. The quantitative estimate of drug-likeness (QED) is 0.891. The number of rotatable bonds is 3. The molecule has 0 spiro atoms. The van der Waals surface area contributed by atoms with Gasteiger partial charge in [-0.3, -0.25) is 0 Å². The molecule has 0 atom stereocenters. The highest BCUT2D eigenvalue weighted by molar-refractivity contribution is 7.90. The highest BCUT2D eigenvalue weighted by Crippen LogP contribution is 2.23. The van der Waals surface area contributed by atoms with Crippen molar-refractivity contribution in [1.82, 2.24) is 10.0 Å². The molecule has 0 aliphatic carbocycles. The maximum Gasteiger partial charge on any atom is 0.328 e. The van der Waals surface area contributed by atoms with E-state index < -0.39 is 16.1 Å². The lowest BCUT2D eigenvalue weighted by Gasteiger charge is -2.19. The fourth-order valence-electron chi connectivity index (χ4n) is 1.51. The van der Waals surface area contributed by atoms with E-state index in [9.17, 15) is 13.2 Å². The molecule has 1 aromatic rings. The Morgan fingerprint density at radius 2 is 1.68 bits per heavy atom. The smallest absolute Gasteiger partial charge is 0.328 e. The molecule has 0 saturated heterocycles. The third-order valence-corrected chi connectivity index (χ3v) is 3.94. The molecule has 0 bridgehead atoms. The van der Waals surface area contributed by atoms with E-state index >= 15 is 0 Å². The van der Waals surface area contributed by atoms with Gasteiger partial charge in [-0.2, -0.15) is 0 Å². The number of hydrogen-bond donors (Lipinski definition) is 2. The monoisotopic (exact) mass is 284 g/mol. The molecule has 1 aromatic carbocycles. The Labute approximate surface area is 114 Å². The van der Waals surface area contributed by atoms with Crippen molar-refractivity contribution >= 4 is 16.1 Å².